The van der Waals surface area contributed by atoms with Gasteiger partial charge in [-0.3, -0.25) is 4.79 Å². The summed E-state index contributed by atoms with van der Waals surface area (Å²) in [5.41, 5.74) is 0. The Labute approximate surface area is 120 Å². The number of carbonyl (C=O) groups is 1. The summed E-state index contributed by atoms with van der Waals surface area (Å²) < 4.78 is 11.6. The molecule has 2 aliphatic rings. The second-order valence-corrected chi connectivity index (χ2v) is 10.8. The highest BCUT2D eigenvalue weighted by Gasteiger charge is 2.52. The van der Waals surface area contributed by atoms with Crippen molar-refractivity contribution in [1.82, 2.24) is 0 Å². The average Bonchev–Trinajstić information content (AvgIpc) is 2.85. The normalized spacial score (nSPS) is 28.4. The van der Waals surface area contributed by atoms with Gasteiger partial charge in [-0.1, -0.05) is 48.6 Å². The molecule has 1 saturated heterocycles. The van der Waals surface area contributed by atoms with Gasteiger partial charge in [0.1, 0.15) is 14.2 Å². The van der Waals surface area contributed by atoms with Gasteiger partial charge in [-0.05, 0) is 25.1 Å². The molecule has 0 unspecified atom stereocenters. The molecule has 0 radical (unpaired) electrons. The van der Waals surface area contributed by atoms with E-state index in [1.54, 1.807) is 0 Å². The van der Waals surface area contributed by atoms with Crippen molar-refractivity contribution in [3.63, 3.8) is 0 Å². The van der Waals surface area contributed by atoms with Crippen molar-refractivity contribution in [3.05, 3.63) is 41.6 Å². The van der Waals surface area contributed by atoms with Crippen molar-refractivity contribution in [2.45, 2.75) is 44.9 Å². The molecule has 1 aliphatic carbocycles. The zero-order chi connectivity index (χ0) is 14.5. The van der Waals surface area contributed by atoms with Crippen molar-refractivity contribution in [2.75, 3.05) is 0 Å². The predicted molar refractivity (Wildman–Crippen MR) is 80.5 cm³/mol. The highest BCUT2D eigenvalue weighted by Crippen LogP contribution is 2.37. The van der Waals surface area contributed by atoms with E-state index in [0.717, 1.165) is 5.20 Å². The second-order valence-electron chi connectivity index (χ2n) is 6.46. The molecule has 3 nitrogen and oxygen atoms in total. The van der Waals surface area contributed by atoms with Crippen LogP contribution in [0.5, 0.6) is 0 Å². The molecule has 1 aromatic carbocycles. The molecule has 1 aromatic rings. The van der Waals surface area contributed by atoms with Crippen molar-refractivity contribution < 1.29 is 14.3 Å². The zero-order valence-corrected chi connectivity index (χ0v) is 13.3. The molecule has 1 heterocycles. The molecule has 1 aliphatic heterocycles. The van der Waals surface area contributed by atoms with Crippen molar-refractivity contribution in [1.29, 1.82) is 0 Å². The van der Waals surface area contributed by atoms with E-state index in [-0.39, 0.29) is 11.9 Å². The molecule has 106 valence electrons. The molecule has 4 heteroatoms. The fraction of sp³-hybridized carbons (Fsp3) is 0.438. The minimum atomic E-state index is -1.97. The summed E-state index contributed by atoms with van der Waals surface area (Å²) in [5.74, 6) is -0.549. The molecule has 2 atom stereocenters. The van der Waals surface area contributed by atoms with Crippen LogP contribution in [0.15, 0.2) is 41.6 Å². The van der Waals surface area contributed by atoms with E-state index in [9.17, 15) is 4.79 Å². The Morgan fingerprint density at radius 3 is 2.35 bits per heavy atom. The van der Waals surface area contributed by atoms with Gasteiger partial charge in [0.25, 0.3) is 0 Å². The largest absolute Gasteiger partial charge is 0.340 e. The highest BCUT2D eigenvalue weighted by molar-refractivity contribution is 6.99. The van der Waals surface area contributed by atoms with Crippen LogP contribution in [0.4, 0.5) is 0 Å². The summed E-state index contributed by atoms with van der Waals surface area (Å²) in [6.07, 6.45) is 1.33. The first-order valence-corrected chi connectivity index (χ1v) is 9.99. The first-order chi connectivity index (χ1) is 9.31. The lowest BCUT2D eigenvalue weighted by molar-refractivity contribution is -0.152. The Bertz CT molecular complexity index is 575. The Morgan fingerprint density at radius 1 is 1.10 bits per heavy atom. The van der Waals surface area contributed by atoms with Gasteiger partial charge in [0.05, 0.1) is 0 Å². The van der Waals surface area contributed by atoms with E-state index in [0.29, 0.717) is 0 Å². The summed E-state index contributed by atoms with van der Waals surface area (Å²) in [5, 5.41) is 2.19. The monoisotopic (exact) mass is 288 g/mol. The number of rotatable bonds is 2. The minimum Gasteiger partial charge on any atom is -0.340 e. The number of hydrogen-bond donors (Lipinski definition) is 0. The Balaban J connectivity index is 1.95. The van der Waals surface area contributed by atoms with Gasteiger partial charge in [-0.25, -0.2) is 0 Å². The molecular formula is C16H20O3Si. The highest BCUT2D eigenvalue weighted by atomic mass is 28.3. The quantitative estimate of drug-likeness (QED) is 0.782. The number of benzene rings is 1. The lowest BCUT2D eigenvalue weighted by Gasteiger charge is -2.25. The molecule has 0 amide bonds. The van der Waals surface area contributed by atoms with E-state index in [1.165, 1.54) is 5.19 Å². The third-order valence-electron chi connectivity index (χ3n) is 4.15. The molecule has 0 bridgehead atoms. The van der Waals surface area contributed by atoms with Crippen LogP contribution in [0, 0.1) is 0 Å². The van der Waals surface area contributed by atoms with Crippen LogP contribution in [-0.4, -0.2) is 31.9 Å². The third-order valence-corrected chi connectivity index (χ3v) is 7.69. The summed E-state index contributed by atoms with van der Waals surface area (Å²) in [7, 11) is -1.97. The molecule has 0 saturated carbocycles. The Hall–Kier alpha value is -1.23. The van der Waals surface area contributed by atoms with Gasteiger partial charge in [0.15, 0.2) is 17.7 Å². The fourth-order valence-electron chi connectivity index (χ4n) is 3.04. The molecular weight excluding hydrogens is 268 g/mol. The molecule has 3 rings (SSSR count). The van der Waals surface area contributed by atoms with Crippen LogP contribution < -0.4 is 5.19 Å². The van der Waals surface area contributed by atoms with E-state index in [4.69, 9.17) is 9.47 Å². The van der Waals surface area contributed by atoms with Gasteiger partial charge in [-0.2, -0.15) is 0 Å². The molecule has 0 aromatic heterocycles. The van der Waals surface area contributed by atoms with Gasteiger partial charge in [-0.15, -0.1) is 0 Å². The van der Waals surface area contributed by atoms with Gasteiger partial charge >= 0.3 is 0 Å². The van der Waals surface area contributed by atoms with Crippen molar-refractivity contribution >= 4 is 19.0 Å². The van der Waals surface area contributed by atoms with Crippen molar-refractivity contribution in [3.8, 4) is 0 Å². The van der Waals surface area contributed by atoms with Crippen LogP contribution in [0.3, 0.4) is 0 Å². The van der Waals surface area contributed by atoms with Crippen molar-refractivity contribution in [2.24, 2.45) is 0 Å². The van der Waals surface area contributed by atoms with Gasteiger partial charge in [0.2, 0.25) is 0 Å². The summed E-state index contributed by atoms with van der Waals surface area (Å²) in [6.45, 7) is 8.12. The first kappa shape index (κ1) is 13.7. The number of ketones is 1. The number of fused-ring (bicyclic) bond motifs is 1. The molecule has 0 N–H and O–H groups in total. The Morgan fingerprint density at radius 2 is 1.75 bits per heavy atom. The van der Waals surface area contributed by atoms with Crippen LogP contribution in [-0.2, 0) is 14.3 Å². The predicted octanol–water partition coefficient (Wildman–Crippen LogP) is 2.17. The lowest BCUT2D eigenvalue weighted by atomic mass is 10.2. The summed E-state index contributed by atoms with van der Waals surface area (Å²) in [6, 6.07) is 10.3. The molecule has 1 fully saturated rings. The second kappa shape index (κ2) is 4.38. The van der Waals surface area contributed by atoms with E-state index in [2.05, 4.69) is 25.2 Å². The fourth-order valence-corrected chi connectivity index (χ4v) is 5.72. The van der Waals surface area contributed by atoms with Crippen LogP contribution >= 0.6 is 0 Å². The summed E-state index contributed by atoms with van der Waals surface area (Å²) in [4.78, 5) is 12.7. The van der Waals surface area contributed by atoms with E-state index in [1.807, 2.05) is 38.1 Å². The number of hydrogen-bond acceptors (Lipinski definition) is 3. The van der Waals surface area contributed by atoms with Crippen LogP contribution in [0.25, 0.3) is 0 Å². The van der Waals surface area contributed by atoms with Gasteiger partial charge < -0.3 is 9.47 Å². The van der Waals surface area contributed by atoms with E-state index < -0.39 is 20.0 Å². The average molecular weight is 288 g/mol. The maximum atomic E-state index is 12.7. The minimum absolute atomic E-state index is 0.112. The third kappa shape index (κ3) is 2.08. The SMILES string of the molecule is CC1(C)O[C@@H]2C=C([Si](C)(C)c3ccccc3)C(=O)[C@@H]2O1. The summed E-state index contributed by atoms with van der Waals surface area (Å²) >= 11 is 0. The smallest absolute Gasteiger partial charge is 0.186 e. The van der Waals surface area contributed by atoms with Crippen LogP contribution in [0.2, 0.25) is 13.1 Å². The van der Waals surface area contributed by atoms with Gasteiger partial charge in [0, 0.05) is 0 Å². The molecule has 20 heavy (non-hydrogen) atoms. The number of carbonyl (C=O) groups excluding carboxylic acids is 1. The topological polar surface area (TPSA) is 35.5 Å². The van der Waals surface area contributed by atoms with Crippen LogP contribution in [0.1, 0.15) is 13.8 Å². The maximum Gasteiger partial charge on any atom is 0.186 e. The lowest BCUT2D eigenvalue weighted by Crippen LogP contribution is -2.47. The standard InChI is InChI=1S/C16H20O3Si/c1-16(2)18-12-10-13(14(17)15(12)19-16)20(3,4)11-8-6-5-7-9-11/h5-10,12,15H,1-4H3/t12-,15-/m1/s1. The number of ether oxygens (including phenoxy) is 2. The zero-order valence-electron chi connectivity index (χ0n) is 12.3. The number of Topliss-reactive ketones (excluding diaryl/α,β-unsaturated/α-hetero) is 1. The first-order valence-electron chi connectivity index (χ1n) is 6.99. The van der Waals surface area contributed by atoms with E-state index >= 15 is 0 Å². The maximum absolute atomic E-state index is 12.7. The Kier molecular flexibility index (Phi) is 3.01. The molecule has 0 spiro atoms.